The van der Waals surface area contributed by atoms with E-state index in [0.29, 0.717) is 16.9 Å². The number of ether oxygens (including phenoxy) is 1. The fourth-order valence-corrected chi connectivity index (χ4v) is 2.56. The quantitative estimate of drug-likeness (QED) is 0.565. The maximum atomic E-state index is 12.5. The standard InChI is InChI=1S/C20H24O3/c1-3-4-5-6-7-15-8-10-16(11-9-15)20(22)18-13-12-17(23-2)14-19(18)21/h8-14,21H,3-7H2,1-2H3. The predicted molar refractivity (Wildman–Crippen MR) is 92.4 cm³/mol. The first-order valence-electron chi connectivity index (χ1n) is 8.16. The number of hydrogen-bond acceptors (Lipinski definition) is 3. The van der Waals surface area contributed by atoms with Crippen LogP contribution in [0.15, 0.2) is 42.5 Å². The predicted octanol–water partition coefficient (Wildman–Crippen LogP) is 4.75. The highest BCUT2D eigenvalue weighted by molar-refractivity contribution is 6.10. The number of aromatic hydroxyl groups is 1. The molecule has 0 aliphatic carbocycles. The average Bonchev–Trinajstić information content (AvgIpc) is 2.58. The van der Waals surface area contributed by atoms with Crippen LogP contribution < -0.4 is 4.74 Å². The number of ketones is 1. The zero-order chi connectivity index (χ0) is 16.7. The lowest BCUT2D eigenvalue weighted by atomic mass is 9.99. The van der Waals surface area contributed by atoms with Crippen molar-refractivity contribution in [2.45, 2.75) is 39.0 Å². The minimum absolute atomic E-state index is 0.0574. The average molecular weight is 312 g/mol. The van der Waals surface area contributed by atoms with Crippen LogP contribution >= 0.6 is 0 Å². The summed E-state index contributed by atoms with van der Waals surface area (Å²) >= 11 is 0. The molecule has 2 rings (SSSR count). The van der Waals surface area contributed by atoms with Crippen LogP contribution in [0.1, 0.15) is 54.1 Å². The fraction of sp³-hybridized carbons (Fsp3) is 0.350. The largest absolute Gasteiger partial charge is 0.507 e. The topological polar surface area (TPSA) is 46.5 Å². The van der Waals surface area contributed by atoms with E-state index >= 15 is 0 Å². The molecule has 2 aromatic carbocycles. The SMILES string of the molecule is CCCCCCc1ccc(C(=O)c2ccc(OC)cc2O)cc1. The van der Waals surface area contributed by atoms with Crippen LogP contribution in [0.25, 0.3) is 0 Å². The number of phenols is 1. The molecule has 0 bridgehead atoms. The van der Waals surface area contributed by atoms with Gasteiger partial charge in [0.25, 0.3) is 0 Å². The first kappa shape index (κ1) is 17.1. The van der Waals surface area contributed by atoms with Crippen molar-refractivity contribution < 1.29 is 14.6 Å². The van der Waals surface area contributed by atoms with Crippen molar-refractivity contribution in [3.8, 4) is 11.5 Å². The maximum absolute atomic E-state index is 12.5. The van der Waals surface area contributed by atoms with Gasteiger partial charge in [0.15, 0.2) is 5.78 Å². The second-order valence-electron chi connectivity index (χ2n) is 5.72. The lowest BCUT2D eigenvalue weighted by molar-refractivity contribution is 0.103. The summed E-state index contributed by atoms with van der Waals surface area (Å²) in [6.07, 6.45) is 5.98. The molecule has 0 aliphatic rings. The van der Waals surface area contributed by atoms with Gasteiger partial charge in [-0.2, -0.15) is 0 Å². The third-order valence-electron chi connectivity index (χ3n) is 3.98. The number of rotatable bonds is 8. The van der Waals surface area contributed by atoms with E-state index < -0.39 is 0 Å². The Morgan fingerprint density at radius 3 is 2.39 bits per heavy atom. The Hall–Kier alpha value is -2.29. The number of carbonyl (C=O) groups is 1. The Kier molecular flexibility index (Phi) is 6.21. The number of unbranched alkanes of at least 4 members (excludes halogenated alkanes) is 3. The first-order chi connectivity index (χ1) is 11.2. The van der Waals surface area contributed by atoms with Crippen LogP contribution in [0.3, 0.4) is 0 Å². The van der Waals surface area contributed by atoms with Crippen LogP contribution in [0.4, 0.5) is 0 Å². The normalized spacial score (nSPS) is 10.5. The summed E-state index contributed by atoms with van der Waals surface area (Å²) in [5, 5.41) is 9.97. The van der Waals surface area contributed by atoms with Gasteiger partial charge in [0.05, 0.1) is 12.7 Å². The Morgan fingerprint density at radius 1 is 1.04 bits per heavy atom. The molecule has 0 amide bonds. The van der Waals surface area contributed by atoms with Crippen LogP contribution in [-0.4, -0.2) is 18.0 Å². The summed E-state index contributed by atoms with van der Waals surface area (Å²) in [5.41, 5.74) is 2.13. The molecule has 23 heavy (non-hydrogen) atoms. The maximum Gasteiger partial charge on any atom is 0.196 e. The summed E-state index contributed by atoms with van der Waals surface area (Å²) < 4.78 is 5.03. The first-order valence-corrected chi connectivity index (χ1v) is 8.16. The minimum Gasteiger partial charge on any atom is -0.507 e. The van der Waals surface area contributed by atoms with Crippen molar-refractivity contribution in [3.05, 3.63) is 59.2 Å². The van der Waals surface area contributed by atoms with E-state index in [9.17, 15) is 9.90 Å². The molecule has 3 nitrogen and oxygen atoms in total. The smallest absolute Gasteiger partial charge is 0.196 e. The van der Waals surface area contributed by atoms with Gasteiger partial charge in [-0.1, -0.05) is 50.5 Å². The molecule has 122 valence electrons. The zero-order valence-electron chi connectivity index (χ0n) is 13.8. The molecule has 0 saturated heterocycles. The summed E-state index contributed by atoms with van der Waals surface area (Å²) in [5.74, 6) is 0.294. The molecule has 0 atom stereocenters. The van der Waals surface area contributed by atoms with Crippen LogP contribution in [0.2, 0.25) is 0 Å². The highest BCUT2D eigenvalue weighted by atomic mass is 16.5. The molecule has 0 fully saturated rings. The van der Waals surface area contributed by atoms with E-state index in [0.717, 1.165) is 6.42 Å². The molecule has 0 saturated carbocycles. The molecule has 3 heteroatoms. The molecule has 0 spiro atoms. The van der Waals surface area contributed by atoms with Crippen molar-refractivity contribution >= 4 is 5.78 Å². The molecule has 0 aliphatic heterocycles. The molecular formula is C20H24O3. The number of carbonyl (C=O) groups excluding carboxylic acids is 1. The fourth-order valence-electron chi connectivity index (χ4n) is 2.56. The zero-order valence-corrected chi connectivity index (χ0v) is 13.8. The Bertz CT molecular complexity index is 644. The molecule has 2 aromatic rings. The van der Waals surface area contributed by atoms with E-state index in [4.69, 9.17) is 4.74 Å². The van der Waals surface area contributed by atoms with Gasteiger partial charge in [0.1, 0.15) is 11.5 Å². The number of aryl methyl sites for hydroxylation is 1. The van der Waals surface area contributed by atoms with E-state index in [1.807, 2.05) is 24.3 Å². The van der Waals surface area contributed by atoms with Crippen LogP contribution in [0.5, 0.6) is 11.5 Å². The Balaban J connectivity index is 2.05. The molecule has 0 radical (unpaired) electrons. The summed E-state index contributed by atoms with van der Waals surface area (Å²) in [6.45, 7) is 2.20. The number of hydrogen-bond donors (Lipinski definition) is 1. The Labute approximate surface area is 137 Å². The molecule has 0 heterocycles. The second-order valence-corrected chi connectivity index (χ2v) is 5.72. The van der Waals surface area contributed by atoms with Gasteiger partial charge in [-0.05, 0) is 30.5 Å². The Morgan fingerprint density at radius 2 is 1.78 bits per heavy atom. The molecular weight excluding hydrogens is 288 g/mol. The van der Waals surface area contributed by atoms with Gasteiger partial charge < -0.3 is 9.84 Å². The summed E-state index contributed by atoms with van der Waals surface area (Å²) in [7, 11) is 1.52. The number of benzene rings is 2. The lowest BCUT2D eigenvalue weighted by Crippen LogP contribution is -2.02. The summed E-state index contributed by atoms with van der Waals surface area (Å²) in [6, 6.07) is 12.4. The van der Waals surface area contributed by atoms with Gasteiger partial charge in [-0.25, -0.2) is 0 Å². The van der Waals surface area contributed by atoms with Gasteiger partial charge in [-0.15, -0.1) is 0 Å². The third kappa shape index (κ3) is 4.59. The molecule has 0 aromatic heterocycles. The van der Waals surface area contributed by atoms with E-state index in [2.05, 4.69) is 6.92 Å². The number of phenolic OH excluding ortho intramolecular Hbond substituents is 1. The van der Waals surface area contributed by atoms with Crippen molar-refractivity contribution in [2.75, 3.05) is 7.11 Å². The molecule has 0 unspecified atom stereocenters. The van der Waals surface area contributed by atoms with Gasteiger partial charge in [-0.3, -0.25) is 4.79 Å². The summed E-state index contributed by atoms with van der Waals surface area (Å²) in [4.78, 5) is 12.5. The van der Waals surface area contributed by atoms with Crippen molar-refractivity contribution in [3.63, 3.8) is 0 Å². The second kappa shape index (κ2) is 8.37. The highest BCUT2D eigenvalue weighted by Gasteiger charge is 2.14. The molecule has 1 N–H and O–H groups in total. The monoisotopic (exact) mass is 312 g/mol. The van der Waals surface area contributed by atoms with E-state index in [-0.39, 0.29) is 11.5 Å². The van der Waals surface area contributed by atoms with Crippen molar-refractivity contribution in [1.82, 2.24) is 0 Å². The number of methoxy groups -OCH3 is 1. The van der Waals surface area contributed by atoms with Gasteiger partial charge in [0.2, 0.25) is 0 Å². The van der Waals surface area contributed by atoms with Crippen LogP contribution in [0, 0.1) is 0 Å². The van der Waals surface area contributed by atoms with Crippen molar-refractivity contribution in [1.29, 1.82) is 0 Å². The van der Waals surface area contributed by atoms with Gasteiger partial charge in [0, 0.05) is 11.6 Å². The lowest BCUT2D eigenvalue weighted by Gasteiger charge is -2.07. The minimum atomic E-state index is -0.178. The third-order valence-corrected chi connectivity index (χ3v) is 3.98. The van der Waals surface area contributed by atoms with Gasteiger partial charge >= 0.3 is 0 Å². The van der Waals surface area contributed by atoms with Crippen molar-refractivity contribution in [2.24, 2.45) is 0 Å². The highest BCUT2D eigenvalue weighted by Crippen LogP contribution is 2.25. The van der Waals surface area contributed by atoms with E-state index in [1.54, 1.807) is 12.1 Å². The van der Waals surface area contributed by atoms with E-state index in [1.165, 1.54) is 44.4 Å². The van der Waals surface area contributed by atoms with Crippen LogP contribution in [-0.2, 0) is 6.42 Å².